The first-order valence-electron chi connectivity index (χ1n) is 10.2. The number of hydrogen-bond acceptors (Lipinski definition) is 5. The first-order chi connectivity index (χ1) is 12.7. The molecule has 0 bridgehead atoms. The average molecular weight is 402 g/mol. The molecule has 1 aliphatic rings. The van der Waals surface area contributed by atoms with E-state index in [1.54, 1.807) is 0 Å². The maximum absolute atomic E-state index is 10.5. The van der Waals surface area contributed by atoms with Gasteiger partial charge in [0.15, 0.2) is 0 Å². The van der Waals surface area contributed by atoms with Crippen molar-refractivity contribution in [3.05, 3.63) is 35.9 Å². The maximum Gasteiger partial charge on any atom is 0.132 e. The normalized spacial score (nSPS) is 15.5. The second-order valence-electron chi connectivity index (χ2n) is 7.28. The molecule has 0 aliphatic heterocycles. The molecule has 0 amide bonds. The van der Waals surface area contributed by atoms with E-state index in [1.165, 1.54) is 12.0 Å². The monoisotopic (exact) mass is 401 g/mol. The molecule has 0 unspecified atom stereocenters. The Morgan fingerprint density at radius 2 is 1.37 bits per heavy atom. The summed E-state index contributed by atoms with van der Waals surface area (Å²) in [6.45, 7) is 4.57. The number of ketones is 1. The van der Waals surface area contributed by atoms with Gasteiger partial charge in [-0.05, 0) is 18.4 Å². The van der Waals surface area contributed by atoms with Crippen molar-refractivity contribution >= 4 is 13.1 Å². The van der Waals surface area contributed by atoms with Gasteiger partial charge in [-0.25, -0.2) is 0 Å². The summed E-state index contributed by atoms with van der Waals surface area (Å²) in [6, 6.07) is 9.99. The Bertz CT molecular complexity index is 480. The molecular formula is C21H40NO4P. The molecule has 0 saturated heterocycles. The predicted octanol–water partition coefficient (Wildman–Crippen LogP) is 4.53. The fourth-order valence-corrected chi connectivity index (χ4v) is 4.79. The van der Waals surface area contributed by atoms with Gasteiger partial charge in [-0.3, -0.25) is 4.79 Å². The number of nitrogens with two attached hydrogens (primary N) is 1. The molecule has 1 aromatic carbocycles. The van der Waals surface area contributed by atoms with Gasteiger partial charge in [-0.1, -0.05) is 36.8 Å². The van der Waals surface area contributed by atoms with Crippen LogP contribution in [0.25, 0.3) is 0 Å². The minimum Gasteiger partial charge on any atom is -0.326 e. The van der Waals surface area contributed by atoms with Crippen molar-refractivity contribution in [2.24, 2.45) is 5.73 Å². The zero-order valence-corrected chi connectivity index (χ0v) is 18.0. The topological polar surface area (TPSA) is 104 Å². The molecule has 0 atom stereocenters. The van der Waals surface area contributed by atoms with Crippen LogP contribution in [0.3, 0.4) is 0 Å². The standard InChI is InChI=1S/C8H21O3P.C7H9N.C6H10O/c1-3-5-7-12(9,10,11)8-6-4-2;8-6-7-4-2-1-3-5-7;7-6-4-2-1-3-5-6/h9-11H,3-8H2,1-2H3;1-5H,6,8H2;1-5H2. The zero-order chi connectivity index (χ0) is 20.6. The molecule has 27 heavy (non-hydrogen) atoms. The van der Waals surface area contributed by atoms with Gasteiger partial charge < -0.3 is 5.73 Å². The van der Waals surface area contributed by atoms with Gasteiger partial charge in [0, 0.05) is 19.4 Å². The molecule has 1 saturated carbocycles. The number of carbonyl (C=O) groups excluding carboxylic acids is 1. The largest absolute Gasteiger partial charge is 0.326 e. The van der Waals surface area contributed by atoms with E-state index in [9.17, 15) is 19.5 Å². The summed E-state index contributed by atoms with van der Waals surface area (Å²) in [5.41, 5.74) is 6.54. The summed E-state index contributed by atoms with van der Waals surface area (Å²) in [5, 5.41) is 0. The smallest absolute Gasteiger partial charge is 0.132 e. The summed E-state index contributed by atoms with van der Waals surface area (Å²) >= 11 is 0. The minimum absolute atomic E-state index is 0.169. The first kappa shape index (κ1) is 26.2. The Morgan fingerprint density at radius 1 is 0.889 bits per heavy atom. The van der Waals surface area contributed by atoms with Crippen LogP contribution in [0.2, 0.25) is 0 Å². The third-order valence-electron chi connectivity index (χ3n) is 4.43. The molecule has 1 aromatic rings. The average Bonchev–Trinajstić information content (AvgIpc) is 2.67. The molecule has 1 fully saturated rings. The van der Waals surface area contributed by atoms with Crippen LogP contribution < -0.4 is 5.73 Å². The summed E-state index contributed by atoms with van der Waals surface area (Å²) < 4.78 is 0. The van der Waals surface area contributed by atoms with E-state index in [2.05, 4.69) is 0 Å². The van der Waals surface area contributed by atoms with Crippen molar-refractivity contribution in [2.45, 2.75) is 78.2 Å². The van der Waals surface area contributed by atoms with Gasteiger partial charge in [0.1, 0.15) is 5.78 Å². The van der Waals surface area contributed by atoms with Gasteiger partial charge in [-0.15, -0.1) is 0 Å². The van der Waals surface area contributed by atoms with Crippen molar-refractivity contribution in [3.8, 4) is 0 Å². The number of Topliss-reactive ketones (excluding diaryl/α,β-unsaturated/α-hetero) is 1. The number of benzene rings is 1. The second kappa shape index (κ2) is 14.2. The second-order valence-corrected chi connectivity index (χ2v) is 10.9. The molecule has 0 spiro atoms. The van der Waals surface area contributed by atoms with Crippen LogP contribution in [0.15, 0.2) is 30.3 Å². The predicted molar refractivity (Wildman–Crippen MR) is 116 cm³/mol. The van der Waals surface area contributed by atoms with E-state index < -0.39 is 7.28 Å². The van der Waals surface area contributed by atoms with Crippen LogP contribution >= 0.6 is 7.28 Å². The molecule has 0 heterocycles. The van der Waals surface area contributed by atoms with E-state index in [1.807, 2.05) is 44.2 Å². The van der Waals surface area contributed by atoms with Gasteiger partial charge in [0.05, 0.1) is 0 Å². The van der Waals surface area contributed by atoms with Crippen molar-refractivity contribution in [3.63, 3.8) is 0 Å². The third kappa shape index (κ3) is 15.9. The Morgan fingerprint density at radius 3 is 1.67 bits per heavy atom. The molecule has 1 aliphatic carbocycles. The molecule has 6 heteroatoms. The zero-order valence-electron chi connectivity index (χ0n) is 17.1. The maximum atomic E-state index is 10.5. The van der Waals surface area contributed by atoms with Crippen molar-refractivity contribution in [2.75, 3.05) is 12.3 Å². The summed E-state index contributed by atoms with van der Waals surface area (Å²) in [6.07, 6.45) is 8.71. The molecule has 158 valence electrons. The molecule has 2 rings (SSSR count). The van der Waals surface area contributed by atoms with Crippen LogP contribution in [0.4, 0.5) is 0 Å². The van der Waals surface area contributed by atoms with Gasteiger partial charge in [-0.2, -0.15) is 0 Å². The van der Waals surface area contributed by atoms with Crippen LogP contribution in [-0.2, 0) is 11.3 Å². The molecule has 0 aromatic heterocycles. The fourth-order valence-electron chi connectivity index (χ4n) is 2.64. The van der Waals surface area contributed by atoms with E-state index >= 15 is 0 Å². The number of carbonyl (C=O) groups is 1. The van der Waals surface area contributed by atoms with Crippen molar-refractivity contribution < 1.29 is 19.5 Å². The molecule has 5 nitrogen and oxygen atoms in total. The third-order valence-corrected chi connectivity index (χ3v) is 6.89. The number of hydrogen-bond donors (Lipinski definition) is 4. The van der Waals surface area contributed by atoms with E-state index in [0.29, 0.717) is 25.2 Å². The van der Waals surface area contributed by atoms with E-state index in [-0.39, 0.29) is 12.3 Å². The summed E-state index contributed by atoms with van der Waals surface area (Å²) in [7, 11) is -4.21. The first-order valence-corrected chi connectivity index (χ1v) is 12.7. The molecule has 0 radical (unpaired) electrons. The van der Waals surface area contributed by atoms with Crippen LogP contribution in [-0.4, -0.2) is 32.8 Å². The van der Waals surface area contributed by atoms with Crippen molar-refractivity contribution in [1.82, 2.24) is 0 Å². The summed E-state index contributed by atoms with van der Waals surface area (Å²) in [4.78, 5) is 38.9. The number of unbranched alkanes of at least 4 members (excludes halogenated alkanes) is 2. The van der Waals surface area contributed by atoms with Gasteiger partial charge in [0.2, 0.25) is 0 Å². The van der Waals surface area contributed by atoms with Crippen LogP contribution in [0.1, 0.15) is 77.2 Å². The fraction of sp³-hybridized carbons (Fsp3) is 0.667. The van der Waals surface area contributed by atoms with Gasteiger partial charge in [0.25, 0.3) is 0 Å². The quantitative estimate of drug-likeness (QED) is 0.503. The Balaban J connectivity index is 0.000000391. The SMILES string of the molecule is CCCCP(O)(O)(O)CCCC.NCc1ccccc1.O=C1CCCCC1. The number of rotatable bonds is 7. The van der Waals surface area contributed by atoms with E-state index in [4.69, 9.17) is 5.73 Å². The Hall–Kier alpha value is -0.840. The van der Waals surface area contributed by atoms with Gasteiger partial charge >= 0.3 is 73.8 Å². The molecule has 5 N–H and O–H groups in total. The van der Waals surface area contributed by atoms with Crippen LogP contribution in [0.5, 0.6) is 0 Å². The molecular weight excluding hydrogens is 361 g/mol. The van der Waals surface area contributed by atoms with Crippen LogP contribution in [0, 0.1) is 0 Å². The van der Waals surface area contributed by atoms with E-state index in [0.717, 1.165) is 38.5 Å². The Kier molecular flexibility index (Phi) is 13.8. The Labute approximate surface area is 165 Å². The minimum atomic E-state index is -4.21. The van der Waals surface area contributed by atoms with Crippen molar-refractivity contribution in [1.29, 1.82) is 0 Å². The summed E-state index contributed by atoms with van der Waals surface area (Å²) in [5.74, 6) is 0.464.